The second-order valence-electron chi connectivity index (χ2n) is 11.6. The molecular formula is C37H50N2O12. The molecule has 2 rings (SSSR count). The number of alkyl carbamates (subject to hydrolysis) is 2. The largest absolute Gasteiger partial charge is 0.491 e. The summed E-state index contributed by atoms with van der Waals surface area (Å²) in [4.78, 5) is 45.8. The normalized spacial score (nSPS) is 10.7. The summed E-state index contributed by atoms with van der Waals surface area (Å²) in [5.41, 5.74) is 2.53. The topological polar surface area (TPSA) is 166 Å². The fraction of sp³-hybridized carbons (Fsp3) is 0.459. The van der Waals surface area contributed by atoms with Crippen LogP contribution in [-0.2, 0) is 43.4 Å². The lowest BCUT2D eigenvalue weighted by Gasteiger charge is -2.26. The van der Waals surface area contributed by atoms with Gasteiger partial charge in [-0.15, -0.1) is 0 Å². The minimum atomic E-state index is -0.626. The molecule has 0 saturated carbocycles. The third-order valence-electron chi connectivity index (χ3n) is 6.97. The van der Waals surface area contributed by atoms with E-state index in [0.717, 1.165) is 11.1 Å². The molecule has 2 aromatic rings. The molecule has 0 aliphatic carbocycles. The number of carbonyl (C=O) groups excluding carboxylic acids is 4. The van der Waals surface area contributed by atoms with E-state index in [0.29, 0.717) is 37.9 Å². The van der Waals surface area contributed by atoms with Crippen molar-refractivity contribution in [1.29, 1.82) is 0 Å². The van der Waals surface area contributed by atoms with E-state index >= 15 is 0 Å². The molecule has 0 radical (unpaired) electrons. The fourth-order valence-electron chi connectivity index (χ4n) is 4.07. The number of nitrogens with one attached hydrogen (secondary N) is 2. The Hall–Kier alpha value is -5.08. The van der Waals surface area contributed by atoms with Crippen LogP contribution in [0.15, 0.2) is 72.8 Å². The Balaban J connectivity index is 1.57. The summed E-state index contributed by atoms with van der Waals surface area (Å²) in [7, 11) is 0. The van der Waals surface area contributed by atoms with Gasteiger partial charge in [-0.2, -0.15) is 0 Å². The highest BCUT2D eigenvalue weighted by Crippen LogP contribution is 2.33. The molecular weight excluding hydrogens is 664 g/mol. The summed E-state index contributed by atoms with van der Waals surface area (Å²) in [5, 5.41) is 4.95. The molecule has 2 amide bonds. The second-order valence-corrected chi connectivity index (χ2v) is 11.6. The van der Waals surface area contributed by atoms with Gasteiger partial charge < -0.3 is 48.5 Å². The summed E-state index contributed by atoms with van der Waals surface area (Å²) < 4.78 is 42.2. The smallest absolute Gasteiger partial charge is 0.407 e. The number of rotatable bonds is 24. The summed E-state index contributed by atoms with van der Waals surface area (Å²) in [6, 6.07) is 15.8. The second kappa shape index (κ2) is 23.3. The molecule has 0 saturated heterocycles. The van der Waals surface area contributed by atoms with Crippen molar-refractivity contribution in [1.82, 2.24) is 10.6 Å². The Labute approximate surface area is 299 Å². The van der Waals surface area contributed by atoms with Crippen LogP contribution in [0, 0.1) is 0 Å². The van der Waals surface area contributed by atoms with Gasteiger partial charge in [-0.05, 0) is 49.2 Å². The van der Waals surface area contributed by atoms with Gasteiger partial charge >= 0.3 is 24.1 Å². The first-order valence-electron chi connectivity index (χ1n) is 16.5. The highest BCUT2D eigenvalue weighted by Gasteiger charge is 2.23. The van der Waals surface area contributed by atoms with Crippen LogP contribution in [0.2, 0.25) is 0 Å². The molecule has 0 fully saturated rings. The van der Waals surface area contributed by atoms with Gasteiger partial charge in [0.25, 0.3) is 0 Å². The van der Waals surface area contributed by atoms with Crippen LogP contribution >= 0.6 is 0 Å². The van der Waals surface area contributed by atoms with E-state index in [1.165, 1.54) is 0 Å². The molecule has 0 bridgehead atoms. The summed E-state index contributed by atoms with van der Waals surface area (Å²) in [6.45, 7) is 16.5. The van der Waals surface area contributed by atoms with Crippen molar-refractivity contribution in [2.75, 3.05) is 79.2 Å². The average molecular weight is 715 g/mol. The zero-order valence-corrected chi connectivity index (χ0v) is 29.9. The quantitative estimate of drug-likeness (QED) is 0.0678. The van der Waals surface area contributed by atoms with Crippen molar-refractivity contribution in [3.05, 3.63) is 84.0 Å². The molecule has 14 nitrogen and oxygen atoms in total. The first-order valence-corrected chi connectivity index (χ1v) is 16.5. The Morgan fingerprint density at radius 2 is 0.882 bits per heavy atom. The van der Waals surface area contributed by atoms with Crippen LogP contribution in [0.4, 0.5) is 9.59 Å². The molecule has 0 aliphatic rings. The summed E-state index contributed by atoms with van der Waals surface area (Å²) in [5.74, 6) is 0.393. The van der Waals surface area contributed by atoms with Crippen molar-refractivity contribution < 1.29 is 57.1 Å². The fourth-order valence-corrected chi connectivity index (χ4v) is 4.07. The average Bonchev–Trinajstić information content (AvgIpc) is 3.11. The highest BCUT2D eigenvalue weighted by molar-refractivity contribution is 5.87. The lowest BCUT2D eigenvalue weighted by atomic mass is 9.78. The zero-order chi connectivity index (χ0) is 37.5. The predicted molar refractivity (Wildman–Crippen MR) is 188 cm³/mol. The van der Waals surface area contributed by atoms with Gasteiger partial charge in [-0.3, -0.25) is 0 Å². The number of esters is 2. The highest BCUT2D eigenvalue weighted by atomic mass is 16.6. The number of ether oxygens (including phenoxy) is 8. The third kappa shape index (κ3) is 17.4. The number of hydrogen-bond acceptors (Lipinski definition) is 12. The van der Waals surface area contributed by atoms with Crippen LogP contribution < -0.4 is 20.1 Å². The van der Waals surface area contributed by atoms with Gasteiger partial charge in [0.1, 0.15) is 51.1 Å². The number of hydrogen-bond donors (Lipinski definition) is 2. The molecule has 0 spiro atoms. The van der Waals surface area contributed by atoms with Crippen LogP contribution in [0.25, 0.3) is 0 Å². The van der Waals surface area contributed by atoms with Crippen LogP contribution in [0.5, 0.6) is 11.5 Å². The van der Waals surface area contributed by atoms with E-state index in [4.69, 9.17) is 37.9 Å². The van der Waals surface area contributed by atoms with E-state index in [1.54, 1.807) is 13.8 Å². The monoisotopic (exact) mass is 714 g/mol. The first-order chi connectivity index (χ1) is 24.4. The summed E-state index contributed by atoms with van der Waals surface area (Å²) >= 11 is 0. The van der Waals surface area contributed by atoms with Crippen molar-refractivity contribution in [3.63, 3.8) is 0 Å². The summed E-state index contributed by atoms with van der Waals surface area (Å²) in [6.07, 6.45) is -1.25. The van der Waals surface area contributed by atoms with E-state index in [9.17, 15) is 19.2 Å². The van der Waals surface area contributed by atoms with E-state index in [1.807, 2.05) is 48.5 Å². The molecule has 0 heterocycles. The van der Waals surface area contributed by atoms with E-state index < -0.39 is 24.1 Å². The van der Waals surface area contributed by atoms with Crippen molar-refractivity contribution >= 4 is 24.1 Å². The van der Waals surface area contributed by atoms with Crippen LogP contribution in [0.1, 0.15) is 38.8 Å². The van der Waals surface area contributed by atoms with Gasteiger partial charge in [0.05, 0.1) is 39.5 Å². The van der Waals surface area contributed by atoms with E-state index in [2.05, 4.69) is 37.6 Å². The van der Waals surface area contributed by atoms with Gasteiger partial charge in [0.15, 0.2) is 0 Å². The maximum atomic E-state index is 11.6. The molecule has 280 valence electrons. The minimum Gasteiger partial charge on any atom is -0.491 e. The van der Waals surface area contributed by atoms with Crippen molar-refractivity contribution in [2.24, 2.45) is 0 Å². The van der Waals surface area contributed by atoms with Gasteiger partial charge in [-0.25, -0.2) is 19.2 Å². The molecule has 2 aromatic carbocycles. The number of amides is 2. The molecule has 14 heteroatoms. The molecule has 0 unspecified atom stereocenters. The Morgan fingerprint density at radius 3 is 1.24 bits per heavy atom. The SMILES string of the molecule is C=C(C)C(=O)OCCNC(=O)OCCOCCOc1ccc(C(C)(C)c2ccc(OCCOCCOC(=O)NCCOC(=O)C(=C)C)cc2)cc1. The maximum absolute atomic E-state index is 11.6. The van der Waals surface area contributed by atoms with Crippen molar-refractivity contribution in [3.8, 4) is 11.5 Å². The number of benzene rings is 2. The standard InChI is InChI=1S/C37H50N2O12/c1-27(2)33(40)48-17-15-38-35(42)50-25-21-44-19-23-46-31-11-7-29(8-12-31)37(5,6)30-9-13-32(14-10-30)47-24-20-45-22-26-51-36(43)39-16-18-49-34(41)28(3)4/h7-14H,1,3,15-26H2,2,4-6H3,(H,38,42)(H,39,43). The lowest BCUT2D eigenvalue weighted by Crippen LogP contribution is -2.29. The lowest BCUT2D eigenvalue weighted by molar-refractivity contribution is -0.139. The Morgan fingerprint density at radius 1 is 0.529 bits per heavy atom. The van der Waals surface area contributed by atoms with Crippen LogP contribution in [-0.4, -0.2) is 103 Å². The van der Waals surface area contributed by atoms with Gasteiger partial charge in [0.2, 0.25) is 0 Å². The van der Waals surface area contributed by atoms with Gasteiger partial charge in [-0.1, -0.05) is 51.3 Å². The predicted octanol–water partition coefficient (Wildman–Crippen LogP) is 4.49. The van der Waals surface area contributed by atoms with E-state index in [-0.39, 0.29) is 69.3 Å². The molecule has 0 aromatic heterocycles. The van der Waals surface area contributed by atoms with Gasteiger partial charge in [0, 0.05) is 16.6 Å². The maximum Gasteiger partial charge on any atom is 0.407 e. The molecule has 0 atom stereocenters. The zero-order valence-electron chi connectivity index (χ0n) is 29.9. The van der Waals surface area contributed by atoms with Crippen molar-refractivity contribution in [2.45, 2.75) is 33.1 Å². The first kappa shape index (κ1) is 42.1. The Kier molecular flexibility index (Phi) is 19.3. The molecule has 51 heavy (non-hydrogen) atoms. The van der Waals surface area contributed by atoms with Crippen LogP contribution in [0.3, 0.4) is 0 Å². The third-order valence-corrected chi connectivity index (χ3v) is 6.97. The number of carbonyl (C=O) groups is 4. The minimum absolute atomic E-state index is 0.0284. The molecule has 0 aliphatic heterocycles. The Bertz CT molecular complexity index is 1300. The molecule has 2 N–H and O–H groups in total.